The van der Waals surface area contributed by atoms with Crippen molar-refractivity contribution < 1.29 is 17.6 Å². The SMILES string of the molecule is O=C(CN(c1cc(Cl)cc(Cl)c1)S(=O)(=O)c1ccccc1)N1CCN(c2ccc(F)cc2)CC1. The van der Waals surface area contributed by atoms with Gasteiger partial charge in [0.15, 0.2) is 0 Å². The first-order valence-electron chi connectivity index (χ1n) is 10.6. The summed E-state index contributed by atoms with van der Waals surface area (Å²) in [6.45, 7) is 1.51. The van der Waals surface area contributed by atoms with Crippen molar-refractivity contribution in [3.8, 4) is 0 Å². The van der Waals surface area contributed by atoms with Crippen molar-refractivity contribution >= 4 is 50.5 Å². The first-order valence-corrected chi connectivity index (χ1v) is 12.8. The number of hydrogen-bond acceptors (Lipinski definition) is 4. The summed E-state index contributed by atoms with van der Waals surface area (Å²) in [7, 11) is -4.06. The lowest BCUT2D eigenvalue weighted by Crippen LogP contribution is -2.52. The van der Waals surface area contributed by atoms with Crippen molar-refractivity contribution in [2.45, 2.75) is 4.90 Å². The Bertz CT molecular complexity index is 1250. The Morgan fingerprint density at radius 1 is 0.882 bits per heavy atom. The summed E-state index contributed by atoms with van der Waals surface area (Å²) in [6.07, 6.45) is 0. The minimum atomic E-state index is -4.06. The number of nitrogens with zero attached hydrogens (tertiary/aromatic N) is 3. The van der Waals surface area contributed by atoms with Gasteiger partial charge in [-0.25, -0.2) is 12.8 Å². The molecule has 0 aromatic heterocycles. The average molecular weight is 522 g/mol. The number of piperazine rings is 1. The van der Waals surface area contributed by atoms with E-state index in [0.29, 0.717) is 26.2 Å². The summed E-state index contributed by atoms with van der Waals surface area (Å²) in [6, 6.07) is 18.5. The molecule has 10 heteroatoms. The van der Waals surface area contributed by atoms with Gasteiger partial charge in [-0.15, -0.1) is 0 Å². The second kappa shape index (κ2) is 10.2. The Morgan fingerprint density at radius 2 is 1.47 bits per heavy atom. The lowest BCUT2D eigenvalue weighted by molar-refractivity contribution is -0.129. The smallest absolute Gasteiger partial charge is 0.264 e. The predicted octanol–water partition coefficient (Wildman–Crippen LogP) is 4.68. The monoisotopic (exact) mass is 521 g/mol. The van der Waals surface area contributed by atoms with Crippen molar-refractivity contribution in [2.24, 2.45) is 0 Å². The normalized spacial score (nSPS) is 14.2. The lowest BCUT2D eigenvalue weighted by Gasteiger charge is -2.37. The maximum Gasteiger partial charge on any atom is 0.264 e. The number of benzene rings is 3. The number of sulfonamides is 1. The fourth-order valence-corrected chi connectivity index (χ4v) is 5.74. The van der Waals surface area contributed by atoms with Crippen molar-refractivity contribution in [3.05, 3.63) is 88.7 Å². The molecule has 3 aromatic rings. The zero-order chi connectivity index (χ0) is 24.3. The Labute approximate surface area is 208 Å². The Balaban J connectivity index is 1.55. The minimum absolute atomic E-state index is 0.0556. The molecule has 1 aliphatic heterocycles. The van der Waals surface area contributed by atoms with E-state index in [9.17, 15) is 17.6 Å². The second-order valence-electron chi connectivity index (χ2n) is 7.80. The van der Waals surface area contributed by atoms with E-state index < -0.39 is 16.6 Å². The van der Waals surface area contributed by atoms with E-state index in [1.165, 1.54) is 42.5 Å². The van der Waals surface area contributed by atoms with Gasteiger partial charge in [0, 0.05) is 41.9 Å². The van der Waals surface area contributed by atoms with Crippen LogP contribution in [0.4, 0.5) is 15.8 Å². The van der Waals surface area contributed by atoms with Crippen LogP contribution in [0.3, 0.4) is 0 Å². The lowest BCUT2D eigenvalue weighted by atomic mass is 10.2. The fourth-order valence-electron chi connectivity index (χ4n) is 3.81. The number of anilines is 2. The van der Waals surface area contributed by atoms with Crippen LogP contribution in [-0.2, 0) is 14.8 Å². The molecule has 0 bridgehead atoms. The third-order valence-electron chi connectivity index (χ3n) is 5.57. The number of carbonyl (C=O) groups is 1. The molecular formula is C24H22Cl2FN3O3S. The highest BCUT2D eigenvalue weighted by molar-refractivity contribution is 7.92. The highest BCUT2D eigenvalue weighted by Crippen LogP contribution is 2.30. The van der Waals surface area contributed by atoms with Crippen LogP contribution in [-0.4, -0.2) is 51.9 Å². The molecule has 0 radical (unpaired) electrons. The molecule has 178 valence electrons. The maximum atomic E-state index is 13.5. The molecule has 0 spiro atoms. The van der Waals surface area contributed by atoms with Crippen LogP contribution < -0.4 is 9.21 Å². The van der Waals surface area contributed by atoms with Crippen LogP contribution >= 0.6 is 23.2 Å². The van der Waals surface area contributed by atoms with Crippen molar-refractivity contribution in [3.63, 3.8) is 0 Å². The van der Waals surface area contributed by atoms with E-state index in [0.717, 1.165) is 9.99 Å². The highest BCUT2D eigenvalue weighted by atomic mass is 35.5. The summed E-state index contributed by atoms with van der Waals surface area (Å²) in [5.74, 6) is -0.646. The Morgan fingerprint density at radius 3 is 2.06 bits per heavy atom. The van der Waals surface area contributed by atoms with E-state index in [2.05, 4.69) is 4.90 Å². The molecule has 34 heavy (non-hydrogen) atoms. The van der Waals surface area contributed by atoms with E-state index in [1.807, 2.05) is 0 Å². The van der Waals surface area contributed by atoms with E-state index >= 15 is 0 Å². The first-order chi connectivity index (χ1) is 16.2. The van der Waals surface area contributed by atoms with Crippen LogP contribution in [0.1, 0.15) is 0 Å². The largest absolute Gasteiger partial charge is 0.368 e. The van der Waals surface area contributed by atoms with Crippen LogP contribution in [0.5, 0.6) is 0 Å². The third kappa shape index (κ3) is 5.46. The van der Waals surface area contributed by atoms with Crippen LogP contribution in [0.25, 0.3) is 0 Å². The van der Waals surface area contributed by atoms with E-state index in [1.54, 1.807) is 35.2 Å². The fraction of sp³-hybridized carbons (Fsp3) is 0.208. The topological polar surface area (TPSA) is 60.9 Å². The minimum Gasteiger partial charge on any atom is -0.368 e. The zero-order valence-corrected chi connectivity index (χ0v) is 20.4. The molecule has 0 atom stereocenters. The summed E-state index contributed by atoms with van der Waals surface area (Å²) in [4.78, 5) is 16.9. The third-order valence-corrected chi connectivity index (χ3v) is 7.79. The van der Waals surface area contributed by atoms with Gasteiger partial charge in [0.05, 0.1) is 10.6 Å². The van der Waals surface area contributed by atoms with E-state index in [4.69, 9.17) is 23.2 Å². The summed E-state index contributed by atoms with van der Waals surface area (Å²) in [5.41, 5.74) is 1.08. The van der Waals surface area contributed by atoms with Gasteiger partial charge in [-0.2, -0.15) is 0 Å². The van der Waals surface area contributed by atoms with Crippen LogP contribution in [0, 0.1) is 5.82 Å². The standard InChI is InChI=1S/C24H22Cl2FN3O3S/c25-18-14-19(26)16-22(15-18)30(34(32,33)23-4-2-1-3-5-23)17-24(31)29-12-10-28(11-13-29)21-8-6-20(27)7-9-21/h1-9,14-16H,10-13,17H2. The van der Waals surface area contributed by atoms with Gasteiger partial charge in [0.25, 0.3) is 10.0 Å². The molecule has 4 rings (SSSR count). The van der Waals surface area contributed by atoms with Gasteiger partial charge < -0.3 is 9.80 Å². The highest BCUT2D eigenvalue weighted by Gasteiger charge is 2.30. The van der Waals surface area contributed by atoms with Gasteiger partial charge >= 0.3 is 0 Å². The number of carbonyl (C=O) groups excluding carboxylic acids is 1. The molecule has 1 heterocycles. The van der Waals surface area contributed by atoms with Gasteiger partial charge in [-0.1, -0.05) is 41.4 Å². The Kier molecular flexibility index (Phi) is 7.30. The summed E-state index contributed by atoms with van der Waals surface area (Å²) in [5, 5.41) is 0.521. The number of halogens is 3. The Hall–Kier alpha value is -2.81. The van der Waals surface area contributed by atoms with Gasteiger partial charge in [0.2, 0.25) is 5.91 Å². The van der Waals surface area contributed by atoms with Crippen LogP contribution in [0.15, 0.2) is 77.7 Å². The molecule has 1 fully saturated rings. The number of hydrogen-bond donors (Lipinski definition) is 0. The first kappa shape index (κ1) is 24.3. The molecule has 0 aliphatic carbocycles. The quantitative estimate of drug-likeness (QED) is 0.472. The van der Waals surface area contributed by atoms with Crippen molar-refractivity contribution in [2.75, 3.05) is 41.9 Å². The average Bonchev–Trinajstić information content (AvgIpc) is 2.83. The molecule has 1 aliphatic rings. The molecule has 1 amide bonds. The summed E-state index contributed by atoms with van der Waals surface area (Å²) < 4.78 is 41.2. The van der Waals surface area contributed by atoms with Crippen molar-refractivity contribution in [1.29, 1.82) is 0 Å². The summed E-state index contributed by atoms with van der Waals surface area (Å²) >= 11 is 12.3. The zero-order valence-electron chi connectivity index (χ0n) is 18.1. The van der Waals surface area contributed by atoms with Gasteiger partial charge in [-0.05, 0) is 54.6 Å². The molecule has 0 unspecified atom stereocenters. The molecule has 0 N–H and O–H groups in total. The number of amides is 1. The molecule has 1 saturated heterocycles. The molecule has 0 saturated carbocycles. The molecular weight excluding hydrogens is 500 g/mol. The van der Waals surface area contributed by atoms with Crippen LogP contribution in [0.2, 0.25) is 10.0 Å². The van der Waals surface area contributed by atoms with Gasteiger partial charge in [0.1, 0.15) is 12.4 Å². The predicted molar refractivity (Wildman–Crippen MR) is 133 cm³/mol. The van der Waals surface area contributed by atoms with Crippen molar-refractivity contribution in [1.82, 2.24) is 4.90 Å². The maximum absolute atomic E-state index is 13.5. The number of rotatable bonds is 6. The second-order valence-corrected chi connectivity index (χ2v) is 10.5. The molecule has 3 aromatic carbocycles. The molecule has 6 nitrogen and oxygen atoms in total. The van der Waals surface area contributed by atoms with E-state index in [-0.39, 0.29) is 32.4 Å². The van der Waals surface area contributed by atoms with Gasteiger partial charge in [-0.3, -0.25) is 9.10 Å².